The second kappa shape index (κ2) is 6.50. The molecule has 1 atom stereocenters. The lowest BCUT2D eigenvalue weighted by atomic mass is 10.2. The minimum absolute atomic E-state index is 0.127. The van der Waals surface area contributed by atoms with Gasteiger partial charge in [0.25, 0.3) is 5.91 Å². The van der Waals surface area contributed by atoms with E-state index in [1.165, 1.54) is 24.2 Å². The fraction of sp³-hybridized carbons (Fsp3) is 0.583. The van der Waals surface area contributed by atoms with Crippen molar-refractivity contribution in [3.63, 3.8) is 0 Å². The highest BCUT2D eigenvalue weighted by molar-refractivity contribution is 9.13. The van der Waals surface area contributed by atoms with Gasteiger partial charge >= 0.3 is 0 Å². The molecule has 1 aromatic heterocycles. The van der Waals surface area contributed by atoms with Crippen molar-refractivity contribution >= 4 is 49.1 Å². The van der Waals surface area contributed by atoms with Gasteiger partial charge in [0, 0.05) is 23.6 Å². The Balaban J connectivity index is 2.04. The van der Waals surface area contributed by atoms with E-state index in [9.17, 15) is 4.79 Å². The van der Waals surface area contributed by atoms with Crippen LogP contribution in [0.5, 0.6) is 0 Å². The van der Waals surface area contributed by atoms with Gasteiger partial charge in [0.2, 0.25) is 0 Å². The number of halogens is 2. The Morgan fingerprint density at radius 2 is 2.39 bits per heavy atom. The van der Waals surface area contributed by atoms with Crippen molar-refractivity contribution in [2.75, 3.05) is 19.6 Å². The van der Waals surface area contributed by atoms with Crippen molar-refractivity contribution in [3.8, 4) is 0 Å². The van der Waals surface area contributed by atoms with E-state index in [1.54, 1.807) is 0 Å². The molecule has 2 heterocycles. The molecule has 100 valence electrons. The molecular formula is C12H16Br2N2OS. The van der Waals surface area contributed by atoms with Gasteiger partial charge in [-0.3, -0.25) is 4.79 Å². The Morgan fingerprint density at radius 1 is 1.61 bits per heavy atom. The Kier molecular flexibility index (Phi) is 5.24. The molecule has 1 N–H and O–H groups in total. The first-order valence-corrected chi connectivity index (χ1v) is 8.49. The van der Waals surface area contributed by atoms with Crippen LogP contribution >= 0.6 is 43.2 Å². The SMILES string of the molecule is CCN(CC1CCCN1)C(=O)c1cc(Br)c(Br)s1. The molecule has 1 amide bonds. The molecule has 1 fully saturated rings. The van der Waals surface area contributed by atoms with Crippen molar-refractivity contribution in [1.29, 1.82) is 0 Å². The maximum absolute atomic E-state index is 12.4. The number of nitrogens with zero attached hydrogens (tertiary/aromatic N) is 1. The molecule has 1 aromatic rings. The molecule has 0 bridgehead atoms. The molecule has 0 aliphatic carbocycles. The van der Waals surface area contributed by atoms with E-state index in [1.807, 2.05) is 17.9 Å². The summed E-state index contributed by atoms with van der Waals surface area (Å²) in [6.45, 7) is 4.67. The third-order valence-corrected chi connectivity index (χ3v) is 6.37. The first kappa shape index (κ1) is 14.5. The van der Waals surface area contributed by atoms with E-state index in [4.69, 9.17) is 0 Å². The van der Waals surface area contributed by atoms with Gasteiger partial charge in [-0.25, -0.2) is 0 Å². The third kappa shape index (κ3) is 3.35. The topological polar surface area (TPSA) is 32.3 Å². The Labute approximate surface area is 128 Å². The first-order chi connectivity index (χ1) is 8.61. The fourth-order valence-corrected chi connectivity index (χ4v) is 4.15. The number of thiophene rings is 1. The standard InChI is InChI=1S/C12H16Br2N2OS/c1-2-16(7-8-4-3-5-15-8)12(17)10-6-9(13)11(14)18-10/h6,8,15H,2-5,7H2,1H3. The molecular weight excluding hydrogens is 380 g/mol. The van der Waals surface area contributed by atoms with Crippen LogP contribution in [0.25, 0.3) is 0 Å². The number of likely N-dealkylation sites (N-methyl/N-ethyl adjacent to an activating group) is 1. The second-order valence-electron chi connectivity index (χ2n) is 4.37. The largest absolute Gasteiger partial charge is 0.337 e. The summed E-state index contributed by atoms with van der Waals surface area (Å²) in [7, 11) is 0. The van der Waals surface area contributed by atoms with Crippen molar-refractivity contribution in [2.45, 2.75) is 25.8 Å². The van der Waals surface area contributed by atoms with Crippen LogP contribution in [0.15, 0.2) is 14.3 Å². The van der Waals surface area contributed by atoms with Gasteiger partial charge in [0.05, 0.1) is 8.66 Å². The minimum Gasteiger partial charge on any atom is -0.337 e. The maximum atomic E-state index is 12.4. The summed E-state index contributed by atoms with van der Waals surface area (Å²) in [5.74, 6) is 0.127. The van der Waals surface area contributed by atoms with Crippen molar-refractivity contribution < 1.29 is 4.79 Å². The average Bonchev–Trinajstić information content (AvgIpc) is 2.96. The molecule has 3 nitrogen and oxygen atoms in total. The monoisotopic (exact) mass is 394 g/mol. The predicted octanol–water partition coefficient (Wildman–Crippen LogP) is 3.49. The van der Waals surface area contributed by atoms with Gasteiger partial charge in [-0.1, -0.05) is 0 Å². The minimum atomic E-state index is 0.127. The molecule has 0 radical (unpaired) electrons. The highest BCUT2D eigenvalue weighted by atomic mass is 79.9. The molecule has 1 aliphatic heterocycles. The molecule has 2 rings (SSSR count). The Hall–Kier alpha value is 0.0900. The lowest BCUT2D eigenvalue weighted by molar-refractivity contribution is 0.0756. The number of carbonyl (C=O) groups excluding carboxylic acids is 1. The van der Waals surface area contributed by atoms with Crippen molar-refractivity contribution in [1.82, 2.24) is 10.2 Å². The number of hydrogen-bond donors (Lipinski definition) is 1. The summed E-state index contributed by atoms with van der Waals surface area (Å²) in [5, 5.41) is 3.44. The van der Waals surface area contributed by atoms with Gasteiger partial charge in [-0.15, -0.1) is 11.3 Å². The molecule has 6 heteroatoms. The van der Waals surface area contributed by atoms with E-state index in [-0.39, 0.29) is 5.91 Å². The van der Waals surface area contributed by atoms with Gasteiger partial charge in [0.15, 0.2) is 0 Å². The fourth-order valence-electron chi connectivity index (χ4n) is 2.14. The second-order valence-corrected chi connectivity index (χ2v) is 7.59. The number of amides is 1. The van der Waals surface area contributed by atoms with Crippen LogP contribution in [-0.4, -0.2) is 36.5 Å². The van der Waals surface area contributed by atoms with Crippen LogP contribution in [0, 0.1) is 0 Å². The third-order valence-electron chi connectivity index (χ3n) is 3.13. The summed E-state index contributed by atoms with van der Waals surface area (Å²) in [6.07, 6.45) is 2.38. The summed E-state index contributed by atoms with van der Waals surface area (Å²) in [6, 6.07) is 2.35. The van der Waals surface area contributed by atoms with E-state index in [0.717, 1.165) is 32.8 Å². The van der Waals surface area contributed by atoms with Crippen molar-refractivity contribution in [3.05, 3.63) is 19.2 Å². The van der Waals surface area contributed by atoms with Crippen LogP contribution < -0.4 is 5.32 Å². The zero-order valence-corrected chi connectivity index (χ0v) is 14.2. The first-order valence-electron chi connectivity index (χ1n) is 6.09. The maximum Gasteiger partial charge on any atom is 0.264 e. The molecule has 1 aliphatic rings. The number of carbonyl (C=O) groups is 1. The lowest BCUT2D eigenvalue weighted by Crippen LogP contribution is -2.40. The smallest absolute Gasteiger partial charge is 0.264 e. The highest BCUT2D eigenvalue weighted by Gasteiger charge is 2.22. The molecule has 1 unspecified atom stereocenters. The molecule has 0 saturated carbocycles. The Morgan fingerprint density at radius 3 is 2.89 bits per heavy atom. The van der Waals surface area contributed by atoms with Gasteiger partial charge < -0.3 is 10.2 Å². The molecule has 0 aromatic carbocycles. The van der Waals surface area contributed by atoms with E-state index in [2.05, 4.69) is 37.2 Å². The number of rotatable bonds is 4. The number of nitrogens with one attached hydrogen (secondary N) is 1. The van der Waals surface area contributed by atoms with Crippen molar-refractivity contribution in [2.24, 2.45) is 0 Å². The quantitative estimate of drug-likeness (QED) is 0.846. The zero-order chi connectivity index (χ0) is 13.1. The summed E-state index contributed by atoms with van der Waals surface area (Å²) in [4.78, 5) is 15.1. The van der Waals surface area contributed by atoms with Crippen LogP contribution in [-0.2, 0) is 0 Å². The molecule has 18 heavy (non-hydrogen) atoms. The summed E-state index contributed by atoms with van der Waals surface area (Å²) < 4.78 is 1.92. The van der Waals surface area contributed by atoms with Crippen LogP contribution in [0.2, 0.25) is 0 Å². The summed E-state index contributed by atoms with van der Waals surface area (Å²) in [5.41, 5.74) is 0. The zero-order valence-electron chi connectivity index (χ0n) is 10.2. The van der Waals surface area contributed by atoms with Gasteiger partial charge in [-0.2, -0.15) is 0 Å². The van der Waals surface area contributed by atoms with Gasteiger partial charge in [-0.05, 0) is 64.2 Å². The lowest BCUT2D eigenvalue weighted by Gasteiger charge is -2.23. The molecule has 0 spiro atoms. The van der Waals surface area contributed by atoms with Crippen LogP contribution in [0.4, 0.5) is 0 Å². The van der Waals surface area contributed by atoms with E-state index in [0.29, 0.717) is 6.04 Å². The highest BCUT2D eigenvalue weighted by Crippen LogP contribution is 2.33. The van der Waals surface area contributed by atoms with Crippen LogP contribution in [0.3, 0.4) is 0 Å². The average molecular weight is 396 g/mol. The van der Waals surface area contributed by atoms with E-state index >= 15 is 0 Å². The summed E-state index contributed by atoms with van der Waals surface area (Å²) >= 11 is 8.34. The van der Waals surface area contributed by atoms with E-state index < -0.39 is 0 Å². The van der Waals surface area contributed by atoms with Crippen LogP contribution in [0.1, 0.15) is 29.4 Å². The number of hydrogen-bond acceptors (Lipinski definition) is 3. The van der Waals surface area contributed by atoms with Gasteiger partial charge in [0.1, 0.15) is 0 Å². The Bertz CT molecular complexity index is 410. The normalized spacial score (nSPS) is 19.2. The predicted molar refractivity (Wildman–Crippen MR) is 82.3 cm³/mol. The molecule has 1 saturated heterocycles.